The fourth-order valence-electron chi connectivity index (χ4n) is 0.721. The van der Waals surface area contributed by atoms with Crippen molar-refractivity contribution in [3.05, 3.63) is 16.6 Å². The number of aliphatic imine (C=N–C) groups is 1. The fraction of sp³-hybridized carbons (Fsp3) is 0.429. The first-order valence-corrected chi connectivity index (χ1v) is 4.63. The molecule has 0 bridgehead atoms. The second-order valence-electron chi connectivity index (χ2n) is 2.16. The van der Waals surface area contributed by atoms with Crippen LogP contribution in [0.25, 0.3) is 0 Å². The van der Waals surface area contributed by atoms with E-state index in [4.69, 9.17) is 5.73 Å². The lowest BCUT2D eigenvalue weighted by Crippen LogP contribution is -2.31. The molecule has 1 rings (SSSR count). The molecule has 0 unspecified atom stereocenters. The second-order valence-corrected chi connectivity index (χ2v) is 3.14. The molecule has 0 atom stereocenters. The number of halogens is 1. The van der Waals surface area contributed by atoms with Crippen molar-refractivity contribution in [2.45, 2.75) is 13.5 Å². The molecule has 0 aromatic carbocycles. The van der Waals surface area contributed by atoms with Gasteiger partial charge >= 0.3 is 0 Å². The molecule has 0 spiro atoms. The smallest absolute Gasteiger partial charge is 0.188 e. The van der Waals surface area contributed by atoms with Gasteiger partial charge in [0.05, 0.1) is 6.54 Å². The Hall–Kier alpha value is -0.620. The highest BCUT2D eigenvalue weighted by Gasteiger charge is 1.92. The monoisotopic (exact) mass is 264 g/mol. The molecule has 1 aromatic heterocycles. The van der Waals surface area contributed by atoms with Crippen LogP contribution in [-0.4, -0.2) is 17.5 Å². The number of hydrogen-bond acceptors (Lipinski definition) is 3. The van der Waals surface area contributed by atoms with Gasteiger partial charge in [-0.1, -0.05) is 0 Å². The van der Waals surface area contributed by atoms with Gasteiger partial charge in [0, 0.05) is 18.1 Å². The minimum absolute atomic E-state index is 0. The zero-order valence-electron chi connectivity index (χ0n) is 7.36. The molecule has 0 saturated carbocycles. The van der Waals surface area contributed by atoms with Crippen LogP contribution in [0.4, 0.5) is 0 Å². The van der Waals surface area contributed by atoms with Gasteiger partial charge in [-0.25, -0.2) is 9.98 Å². The van der Waals surface area contributed by atoms with Crippen LogP contribution >= 0.6 is 28.3 Å². The van der Waals surface area contributed by atoms with Crippen molar-refractivity contribution in [2.24, 2.45) is 10.7 Å². The summed E-state index contributed by atoms with van der Waals surface area (Å²) in [4.78, 5) is 8.16. The topological polar surface area (TPSA) is 63.3 Å². The molecule has 6 heteroatoms. The number of guanidine groups is 1. The molecule has 0 amide bonds. The highest BCUT2D eigenvalue weighted by Crippen LogP contribution is 2.04. The first-order chi connectivity index (χ1) is 5.83. The summed E-state index contributed by atoms with van der Waals surface area (Å²) in [5, 5.41) is 5.82. The third-order valence-corrected chi connectivity index (χ3v) is 1.99. The number of nitrogens with zero attached hydrogens (tertiary/aromatic N) is 2. The Kier molecular flexibility index (Phi) is 6.52. The molecule has 0 aliphatic rings. The third kappa shape index (κ3) is 4.84. The minimum atomic E-state index is 0. The summed E-state index contributed by atoms with van der Waals surface area (Å²) in [7, 11) is 0. The van der Waals surface area contributed by atoms with Gasteiger partial charge in [0.1, 0.15) is 5.01 Å². The number of aromatic nitrogens is 1. The quantitative estimate of drug-likeness (QED) is 0.636. The van der Waals surface area contributed by atoms with E-state index in [9.17, 15) is 0 Å². The van der Waals surface area contributed by atoms with E-state index < -0.39 is 0 Å². The van der Waals surface area contributed by atoms with Crippen molar-refractivity contribution >= 4 is 34.3 Å². The maximum Gasteiger partial charge on any atom is 0.188 e. The van der Waals surface area contributed by atoms with Gasteiger partial charge in [-0.3, -0.25) is 0 Å². The van der Waals surface area contributed by atoms with E-state index in [-0.39, 0.29) is 17.0 Å². The number of hydrogen-bond donors (Lipinski definition) is 2. The van der Waals surface area contributed by atoms with Crippen LogP contribution in [0.5, 0.6) is 0 Å². The van der Waals surface area contributed by atoms with E-state index in [0.717, 1.165) is 11.6 Å². The van der Waals surface area contributed by atoms with E-state index in [1.807, 2.05) is 12.3 Å². The number of rotatable bonds is 3. The predicted molar refractivity (Wildman–Crippen MR) is 61.4 cm³/mol. The van der Waals surface area contributed by atoms with Crippen LogP contribution in [0.1, 0.15) is 11.9 Å². The first kappa shape index (κ1) is 12.4. The highest BCUT2D eigenvalue weighted by atomic mass is 79.9. The largest absolute Gasteiger partial charge is 0.370 e. The summed E-state index contributed by atoms with van der Waals surface area (Å²) in [6.07, 6.45) is 1.76. The zero-order chi connectivity index (χ0) is 8.81. The van der Waals surface area contributed by atoms with Gasteiger partial charge in [0.2, 0.25) is 0 Å². The Morgan fingerprint density at radius 3 is 3.08 bits per heavy atom. The Balaban J connectivity index is 0.00000144. The Labute approximate surface area is 92.0 Å². The molecule has 0 fully saturated rings. The average molecular weight is 265 g/mol. The summed E-state index contributed by atoms with van der Waals surface area (Å²) in [5.41, 5.74) is 5.52. The SMILES string of the molecule is Br.CCNC(N)=NCc1nccs1. The molecular formula is C7H13BrN4S. The highest BCUT2D eigenvalue weighted by molar-refractivity contribution is 8.93. The summed E-state index contributed by atoms with van der Waals surface area (Å²) in [5.74, 6) is 0.479. The molecule has 1 heterocycles. The fourth-order valence-corrected chi connectivity index (χ4v) is 1.26. The van der Waals surface area contributed by atoms with Crippen LogP contribution in [0.3, 0.4) is 0 Å². The van der Waals surface area contributed by atoms with Crippen molar-refractivity contribution in [1.82, 2.24) is 10.3 Å². The Bertz CT molecular complexity index is 247. The molecule has 0 aliphatic heterocycles. The van der Waals surface area contributed by atoms with E-state index in [1.165, 1.54) is 0 Å². The lowest BCUT2D eigenvalue weighted by Gasteiger charge is -1.99. The van der Waals surface area contributed by atoms with E-state index in [2.05, 4.69) is 15.3 Å². The Morgan fingerprint density at radius 2 is 2.54 bits per heavy atom. The molecule has 0 aliphatic carbocycles. The van der Waals surface area contributed by atoms with E-state index in [1.54, 1.807) is 17.5 Å². The van der Waals surface area contributed by atoms with Gasteiger partial charge < -0.3 is 11.1 Å². The second kappa shape index (κ2) is 6.85. The lowest BCUT2D eigenvalue weighted by atomic mass is 10.7. The summed E-state index contributed by atoms with van der Waals surface area (Å²) in [6.45, 7) is 3.34. The predicted octanol–water partition coefficient (Wildman–Crippen LogP) is 1.15. The maximum absolute atomic E-state index is 5.52. The molecule has 4 nitrogen and oxygen atoms in total. The standard InChI is InChI=1S/C7H12N4S.BrH/c1-2-9-7(8)11-5-6-10-3-4-12-6;/h3-4H,2,5H2,1H3,(H3,8,9,11);1H. The van der Waals surface area contributed by atoms with Gasteiger partial charge in [-0.05, 0) is 6.92 Å². The van der Waals surface area contributed by atoms with E-state index in [0.29, 0.717) is 12.5 Å². The van der Waals surface area contributed by atoms with Crippen molar-refractivity contribution in [2.75, 3.05) is 6.54 Å². The van der Waals surface area contributed by atoms with Crippen molar-refractivity contribution in [3.8, 4) is 0 Å². The van der Waals surface area contributed by atoms with Crippen LogP contribution in [0.2, 0.25) is 0 Å². The molecule has 74 valence electrons. The molecule has 3 N–H and O–H groups in total. The summed E-state index contributed by atoms with van der Waals surface area (Å²) >= 11 is 1.58. The molecule has 0 radical (unpaired) electrons. The number of nitrogens with one attached hydrogen (secondary N) is 1. The van der Waals surface area contributed by atoms with E-state index >= 15 is 0 Å². The van der Waals surface area contributed by atoms with Gasteiger partial charge in [0.15, 0.2) is 5.96 Å². The van der Waals surface area contributed by atoms with Crippen LogP contribution in [0, 0.1) is 0 Å². The maximum atomic E-state index is 5.52. The first-order valence-electron chi connectivity index (χ1n) is 3.75. The number of nitrogens with two attached hydrogens (primary N) is 1. The Morgan fingerprint density at radius 1 is 1.77 bits per heavy atom. The van der Waals surface area contributed by atoms with Gasteiger partial charge in [-0.2, -0.15) is 0 Å². The number of thiazole rings is 1. The van der Waals surface area contributed by atoms with Crippen molar-refractivity contribution in [1.29, 1.82) is 0 Å². The third-order valence-electron chi connectivity index (χ3n) is 1.23. The summed E-state index contributed by atoms with van der Waals surface area (Å²) < 4.78 is 0. The average Bonchev–Trinajstić information content (AvgIpc) is 2.53. The normalized spacial score (nSPS) is 10.7. The summed E-state index contributed by atoms with van der Waals surface area (Å²) in [6, 6.07) is 0. The zero-order valence-corrected chi connectivity index (χ0v) is 9.89. The molecular weight excluding hydrogens is 252 g/mol. The van der Waals surface area contributed by atoms with Crippen molar-refractivity contribution < 1.29 is 0 Å². The van der Waals surface area contributed by atoms with Crippen molar-refractivity contribution in [3.63, 3.8) is 0 Å². The van der Waals surface area contributed by atoms with Gasteiger partial charge in [0.25, 0.3) is 0 Å². The molecule has 0 saturated heterocycles. The molecule has 13 heavy (non-hydrogen) atoms. The minimum Gasteiger partial charge on any atom is -0.370 e. The van der Waals surface area contributed by atoms with Crippen LogP contribution in [0.15, 0.2) is 16.6 Å². The van der Waals surface area contributed by atoms with Crippen LogP contribution in [-0.2, 0) is 6.54 Å². The molecule has 1 aromatic rings. The van der Waals surface area contributed by atoms with Gasteiger partial charge in [-0.15, -0.1) is 28.3 Å². The van der Waals surface area contributed by atoms with Crippen LogP contribution < -0.4 is 11.1 Å². The lowest BCUT2D eigenvalue weighted by molar-refractivity contribution is 0.921.